The highest BCUT2D eigenvalue weighted by atomic mass is 79.9. The molecule has 2 aromatic rings. The Kier molecular flexibility index (Phi) is 5.71. The summed E-state index contributed by atoms with van der Waals surface area (Å²) in [7, 11) is 1.26. The molecule has 0 fully saturated rings. The van der Waals surface area contributed by atoms with Crippen LogP contribution in [0.1, 0.15) is 22.6 Å². The van der Waals surface area contributed by atoms with Crippen molar-refractivity contribution in [1.29, 1.82) is 0 Å². The van der Waals surface area contributed by atoms with E-state index in [4.69, 9.17) is 0 Å². The molecule has 11 heteroatoms. The van der Waals surface area contributed by atoms with Gasteiger partial charge in [0, 0.05) is 29.5 Å². The molecule has 0 bridgehead atoms. The maximum absolute atomic E-state index is 13.3. The van der Waals surface area contributed by atoms with Crippen molar-refractivity contribution >= 4 is 27.7 Å². The molecular weight excluding hydrogens is 421 g/mol. The molecule has 1 atom stereocenters. The number of hydrogen-bond acceptors (Lipinski definition) is 4. The van der Waals surface area contributed by atoms with Crippen LogP contribution in [0.25, 0.3) is 0 Å². The highest BCUT2D eigenvalue weighted by Gasteiger charge is 2.58. The zero-order valence-corrected chi connectivity index (χ0v) is 14.9. The minimum absolute atomic E-state index is 0.184. The Hall–Kier alpha value is -2.40. The average Bonchev–Trinajstić information content (AvgIpc) is 2.98. The van der Waals surface area contributed by atoms with E-state index in [-0.39, 0.29) is 5.56 Å². The van der Waals surface area contributed by atoms with Crippen LogP contribution in [0.3, 0.4) is 0 Å². The molecule has 0 radical (unpaired) electrons. The molecule has 1 unspecified atom stereocenters. The van der Waals surface area contributed by atoms with Gasteiger partial charge in [-0.2, -0.15) is 13.2 Å². The van der Waals surface area contributed by atoms with E-state index in [1.54, 1.807) is 12.1 Å². The zero-order chi connectivity index (χ0) is 19.5. The van der Waals surface area contributed by atoms with Crippen LogP contribution in [0.4, 0.5) is 13.2 Å². The lowest BCUT2D eigenvalue weighted by Crippen LogP contribution is -2.50. The van der Waals surface area contributed by atoms with Gasteiger partial charge in [-0.1, -0.05) is 15.9 Å². The summed E-state index contributed by atoms with van der Waals surface area (Å²) >= 11 is 3.19. The summed E-state index contributed by atoms with van der Waals surface area (Å²) in [6.45, 7) is 0. The van der Waals surface area contributed by atoms with Gasteiger partial charge in [0.2, 0.25) is 11.5 Å². The number of hydrazine groups is 1. The first-order chi connectivity index (χ1) is 12.0. The lowest BCUT2D eigenvalue weighted by Gasteiger charge is -2.29. The quantitative estimate of drug-likeness (QED) is 0.639. The molecule has 0 aliphatic carbocycles. The van der Waals surface area contributed by atoms with Crippen LogP contribution in [-0.2, 0) is 17.4 Å². The molecule has 26 heavy (non-hydrogen) atoms. The monoisotopic (exact) mass is 434 g/mol. The third-order valence-corrected chi connectivity index (χ3v) is 4.03. The number of amides is 2. The van der Waals surface area contributed by atoms with Gasteiger partial charge in [-0.15, -0.1) is 0 Å². The smallest absolute Gasteiger partial charge is 0.374 e. The molecule has 0 spiro atoms. The molecule has 3 N–H and O–H groups in total. The summed E-state index contributed by atoms with van der Waals surface area (Å²) in [6.07, 6.45) is -4.25. The number of hydrogen-bond donors (Lipinski definition) is 3. The van der Waals surface area contributed by atoms with Gasteiger partial charge >= 0.3 is 6.18 Å². The van der Waals surface area contributed by atoms with Crippen molar-refractivity contribution in [1.82, 2.24) is 20.4 Å². The summed E-state index contributed by atoms with van der Waals surface area (Å²) in [4.78, 5) is 27.2. The number of carbonyl (C=O) groups is 2. The number of aliphatic hydroxyl groups is 1. The SMILES string of the molecule is Cn1ccnc1C(O)(CC(=O)NNC(=O)c1ccc(Br)cc1)C(F)(F)F. The fourth-order valence-corrected chi connectivity index (χ4v) is 2.41. The number of nitrogens with zero attached hydrogens (tertiary/aromatic N) is 2. The molecule has 140 valence electrons. The van der Waals surface area contributed by atoms with Crippen LogP contribution in [0, 0.1) is 0 Å². The van der Waals surface area contributed by atoms with E-state index in [1.807, 2.05) is 10.9 Å². The number of benzene rings is 1. The Balaban J connectivity index is 2.07. The van der Waals surface area contributed by atoms with Crippen molar-refractivity contribution in [3.63, 3.8) is 0 Å². The molecular formula is C15H14BrF3N4O3. The summed E-state index contributed by atoms with van der Waals surface area (Å²) < 4.78 is 41.7. The minimum atomic E-state index is -5.15. The molecule has 2 amide bonds. The van der Waals surface area contributed by atoms with Crippen LogP contribution in [0.2, 0.25) is 0 Å². The van der Waals surface area contributed by atoms with Gasteiger partial charge in [-0.3, -0.25) is 20.4 Å². The van der Waals surface area contributed by atoms with Crippen LogP contribution in [0.15, 0.2) is 41.1 Å². The van der Waals surface area contributed by atoms with Crippen molar-refractivity contribution in [3.8, 4) is 0 Å². The predicted molar refractivity (Wildman–Crippen MR) is 87.5 cm³/mol. The van der Waals surface area contributed by atoms with E-state index in [0.29, 0.717) is 0 Å². The number of nitrogens with one attached hydrogen (secondary N) is 2. The van der Waals surface area contributed by atoms with E-state index in [0.717, 1.165) is 15.2 Å². The van der Waals surface area contributed by atoms with Crippen molar-refractivity contribution in [2.75, 3.05) is 0 Å². The van der Waals surface area contributed by atoms with E-state index in [9.17, 15) is 27.9 Å². The van der Waals surface area contributed by atoms with Crippen molar-refractivity contribution in [2.45, 2.75) is 18.2 Å². The number of aromatic nitrogens is 2. The summed E-state index contributed by atoms with van der Waals surface area (Å²) in [6, 6.07) is 6.07. The molecule has 2 rings (SSSR count). The fraction of sp³-hybridized carbons (Fsp3) is 0.267. The Morgan fingerprint density at radius 3 is 2.35 bits per heavy atom. The first kappa shape index (κ1) is 19.9. The molecule has 1 aromatic carbocycles. The van der Waals surface area contributed by atoms with Crippen LogP contribution in [-0.4, -0.2) is 32.6 Å². The number of rotatable bonds is 4. The van der Waals surface area contributed by atoms with Crippen LogP contribution in [0.5, 0.6) is 0 Å². The van der Waals surface area contributed by atoms with Gasteiger partial charge in [0.1, 0.15) is 0 Å². The topological polar surface area (TPSA) is 96.2 Å². The Labute approximate surface area is 154 Å². The van der Waals surface area contributed by atoms with Gasteiger partial charge in [0.15, 0.2) is 5.82 Å². The standard InChI is InChI=1S/C15H14BrF3N4O3/c1-23-7-6-20-13(23)14(26,15(17,18)19)8-11(24)21-22-12(25)9-2-4-10(16)5-3-9/h2-7,26H,8H2,1H3,(H,21,24)(H,22,25). The average molecular weight is 435 g/mol. The molecule has 1 heterocycles. The molecule has 0 saturated heterocycles. The number of carbonyl (C=O) groups excluding carboxylic acids is 2. The molecule has 1 aromatic heterocycles. The second kappa shape index (κ2) is 7.46. The molecule has 0 aliphatic heterocycles. The van der Waals surface area contributed by atoms with Crippen LogP contribution < -0.4 is 10.9 Å². The van der Waals surface area contributed by atoms with Gasteiger partial charge in [-0.05, 0) is 24.3 Å². The third-order valence-electron chi connectivity index (χ3n) is 3.50. The lowest BCUT2D eigenvalue weighted by molar-refractivity contribution is -0.271. The maximum Gasteiger partial charge on any atom is 0.425 e. The van der Waals surface area contributed by atoms with Gasteiger partial charge in [-0.25, -0.2) is 4.98 Å². The van der Waals surface area contributed by atoms with Gasteiger partial charge in [0.05, 0.1) is 6.42 Å². The maximum atomic E-state index is 13.3. The first-order valence-electron chi connectivity index (χ1n) is 7.16. The predicted octanol–water partition coefficient (Wildman–Crippen LogP) is 1.78. The van der Waals surface area contributed by atoms with E-state index in [2.05, 4.69) is 20.9 Å². The van der Waals surface area contributed by atoms with E-state index >= 15 is 0 Å². The Bertz CT molecular complexity index is 807. The van der Waals surface area contributed by atoms with Crippen molar-refractivity contribution in [2.24, 2.45) is 7.05 Å². The highest BCUT2D eigenvalue weighted by Crippen LogP contribution is 2.40. The number of imidazole rings is 1. The molecule has 7 nitrogen and oxygen atoms in total. The first-order valence-corrected chi connectivity index (χ1v) is 7.95. The summed E-state index contributed by atoms with van der Waals surface area (Å²) in [5.74, 6) is -2.70. The summed E-state index contributed by atoms with van der Waals surface area (Å²) in [5.41, 5.74) is 0.532. The van der Waals surface area contributed by atoms with E-state index < -0.39 is 35.8 Å². The molecule has 0 saturated carbocycles. The normalized spacial score (nSPS) is 13.8. The number of halogens is 4. The Morgan fingerprint density at radius 2 is 1.85 bits per heavy atom. The Morgan fingerprint density at radius 1 is 1.23 bits per heavy atom. The number of alkyl halides is 3. The van der Waals surface area contributed by atoms with E-state index in [1.165, 1.54) is 25.4 Å². The second-order valence-electron chi connectivity index (χ2n) is 5.41. The lowest BCUT2D eigenvalue weighted by atomic mass is 9.97. The zero-order valence-electron chi connectivity index (χ0n) is 13.3. The highest BCUT2D eigenvalue weighted by molar-refractivity contribution is 9.10. The van der Waals surface area contributed by atoms with Crippen molar-refractivity contribution in [3.05, 3.63) is 52.5 Å². The summed E-state index contributed by atoms with van der Waals surface area (Å²) in [5, 5.41) is 10.1. The largest absolute Gasteiger partial charge is 0.425 e. The number of aryl methyl sites for hydroxylation is 1. The van der Waals surface area contributed by atoms with Crippen LogP contribution >= 0.6 is 15.9 Å². The minimum Gasteiger partial charge on any atom is -0.374 e. The van der Waals surface area contributed by atoms with Gasteiger partial charge < -0.3 is 9.67 Å². The van der Waals surface area contributed by atoms with Gasteiger partial charge in [0.25, 0.3) is 5.91 Å². The second-order valence-corrected chi connectivity index (χ2v) is 6.32. The molecule has 0 aliphatic rings. The third kappa shape index (κ3) is 4.22. The fourth-order valence-electron chi connectivity index (χ4n) is 2.15. The van der Waals surface area contributed by atoms with Crippen molar-refractivity contribution < 1.29 is 27.9 Å².